The van der Waals surface area contributed by atoms with Gasteiger partial charge >= 0.3 is 5.51 Å². The van der Waals surface area contributed by atoms with Gasteiger partial charge in [0.25, 0.3) is 0 Å². The Morgan fingerprint density at radius 3 is 2.53 bits per heavy atom. The lowest BCUT2D eigenvalue weighted by atomic mass is 10.2. The van der Waals surface area contributed by atoms with Crippen LogP contribution in [-0.4, -0.2) is 26.2 Å². The van der Waals surface area contributed by atoms with Gasteiger partial charge in [0.15, 0.2) is 0 Å². The van der Waals surface area contributed by atoms with Crippen molar-refractivity contribution in [2.24, 2.45) is 0 Å². The van der Waals surface area contributed by atoms with E-state index in [9.17, 15) is 21.6 Å². The summed E-state index contributed by atoms with van der Waals surface area (Å²) in [6.07, 6.45) is 0. The molecule has 1 rings (SSSR count). The number of anilines is 1. The van der Waals surface area contributed by atoms with Crippen molar-refractivity contribution in [2.75, 3.05) is 18.0 Å². The van der Waals surface area contributed by atoms with Crippen LogP contribution < -0.4 is 10.5 Å². The van der Waals surface area contributed by atoms with E-state index in [2.05, 4.69) is 4.72 Å². The van der Waals surface area contributed by atoms with Gasteiger partial charge in [0.1, 0.15) is 0 Å². The number of sulfonamides is 1. The molecule has 108 valence electrons. The number of aryl methyl sites for hydroxylation is 1. The van der Waals surface area contributed by atoms with Gasteiger partial charge in [0.2, 0.25) is 10.0 Å². The molecule has 0 saturated heterocycles. The first-order chi connectivity index (χ1) is 8.62. The molecule has 0 heterocycles. The van der Waals surface area contributed by atoms with Crippen molar-refractivity contribution >= 4 is 27.5 Å². The standard InChI is InChI=1S/C10H13F3N2O2S2/c1-7-6-8(2-3-9(7)14)19(16,17)15-4-5-18-10(11,12)13/h2-3,6,15H,4-5,14H2,1H3. The van der Waals surface area contributed by atoms with Crippen molar-refractivity contribution in [1.29, 1.82) is 0 Å². The van der Waals surface area contributed by atoms with Crippen LogP contribution in [0.3, 0.4) is 0 Å². The fourth-order valence-corrected chi connectivity index (χ4v) is 2.92. The van der Waals surface area contributed by atoms with E-state index in [0.717, 1.165) is 0 Å². The normalized spacial score (nSPS) is 12.6. The minimum atomic E-state index is -4.36. The van der Waals surface area contributed by atoms with Crippen molar-refractivity contribution in [3.05, 3.63) is 23.8 Å². The molecule has 0 fully saturated rings. The third-order valence-corrected chi connectivity index (χ3v) is 4.41. The molecule has 0 aliphatic rings. The van der Waals surface area contributed by atoms with Crippen LogP contribution in [-0.2, 0) is 10.0 Å². The zero-order chi connectivity index (χ0) is 14.7. The van der Waals surface area contributed by atoms with Crippen LogP contribution in [0.4, 0.5) is 18.9 Å². The molecule has 0 aliphatic carbocycles. The fourth-order valence-electron chi connectivity index (χ4n) is 1.24. The molecular formula is C10H13F3N2O2S2. The van der Waals surface area contributed by atoms with Crippen LogP contribution in [0.1, 0.15) is 5.56 Å². The topological polar surface area (TPSA) is 72.2 Å². The van der Waals surface area contributed by atoms with Crippen LogP contribution >= 0.6 is 11.8 Å². The lowest BCUT2D eigenvalue weighted by molar-refractivity contribution is -0.0327. The predicted molar refractivity (Wildman–Crippen MR) is 69.3 cm³/mol. The van der Waals surface area contributed by atoms with Gasteiger partial charge < -0.3 is 5.73 Å². The lowest BCUT2D eigenvalue weighted by Crippen LogP contribution is -2.26. The Morgan fingerprint density at radius 2 is 2.00 bits per heavy atom. The third kappa shape index (κ3) is 5.29. The van der Waals surface area contributed by atoms with Gasteiger partial charge in [-0.05, 0) is 42.4 Å². The van der Waals surface area contributed by atoms with Crippen LogP contribution in [0.15, 0.2) is 23.1 Å². The number of hydrogen-bond acceptors (Lipinski definition) is 4. The molecule has 0 spiro atoms. The first-order valence-electron chi connectivity index (χ1n) is 5.18. The predicted octanol–water partition coefficient (Wildman–Crippen LogP) is 2.11. The van der Waals surface area contributed by atoms with Crippen molar-refractivity contribution in [1.82, 2.24) is 4.72 Å². The van der Waals surface area contributed by atoms with Gasteiger partial charge in [-0.25, -0.2) is 13.1 Å². The average molecular weight is 314 g/mol. The largest absolute Gasteiger partial charge is 0.441 e. The second-order valence-corrected chi connectivity index (χ2v) is 6.64. The Kier molecular flexibility index (Phi) is 5.11. The van der Waals surface area contributed by atoms with E-state index in [0.29, 0.717) is 11.3 Å². The Bertz CT molecular complexity index is 544. The molecule has 4 nitrogen and oxygen atoms in total. The van der Waals surface area contributed by atoms with Gasteiger partial charge in [-0.15, -0.1) is 0 Å². The quantitative estimate of drug-likeness (QED) is 0.645. The van der Waals surface area contributed by atoms with Crippen molar-refractivity contribution in [3.63, 3.8) is 0 Å². The van der Waals surface area contributed by atoms with E-state index in [-0.39, 0.29) is 29.0 Å². The van der Waals surface area contributed by atoms with E-state index < -0.39 is 15.5 Å². The highest BCUT2D eigenvalue weighted by molar-refractivity contribution is 8.00. The number of halogens is 3. The molecular weight excluding hydrogens is 301 g/mol. The van der Waals surface area contributed by atoms with Gasteiger partial charge in [-0.3, -0.25) is 0 Å². The van der Waals surface area contributed by atoms with E-state index >= 15 is 0 Å². The summed E-state index contributed by atoms with van der Waals surface area (Å²) in [6, 6.07) is 4.12. The molecule has 0 aromatic heterocycles. The molecule has 0 atom stereocenters. The number of thioether (sulfide) groups is 1. The molecule has 0 radical (unpaired) electrons. The van der Waals surface area contributed by atoms with Crippen molar-refractivity contribution < 1.29 is 21.6 Å². The first kappa shape index (κ1) is 16.1. The first-order valence-corrected chi connectivity index (χ1v) is 7.65. The van der Waals surface area contributed by atoms with Crippen LogP contribution in [0, 0.1) is 6.92 Å². The zero-order valence-corrected chi connectivity index (χ0v) is 11.6. The minimum absolute atomic E-state index is 0.0174. The minimum Gasteiger partial charge on any atom is -0.399 e. The molecule has 3 N–H and O–H groups in total. The summed E-state index contributed by atoms with van der Waals surface area (Å²) in [5, 5.41) is 0. The van der Waals surface area contributed by atoms with E-state index in [4.69, 9.17) is 5.73 Å². The molecule has 0 aliphatic heterocycles. The fraction of sp³-hybridized carbons (Fsp3) is 0.400. The number of hydrogen-bond donors (Lipinski definition) is 2. The molecule has 0 saturated carbocycles. The molecule has 19 heavy (non-hydrogen) atoms. The molecule has 1 aromatic rings. The van der Waals surface area contributed by atoms with Gasteiger partial charge in [-0.2, -0.15) is 13.2 Å². The van der Waals surface area contributed by atoms with Crippen LogP contribution in [0.2, 0.25) is 0 Å². The number of rotatable bonds is 5. The zero-order valence-electron chi connectivity index (χ0n) is 9.99. The summed E-state index contributed by atoms with van der Waals surface area (Å²) in [5.74, 6) is -0.378. The molecule has 9 heteroatoms. The Morgan fingerprint density at radius 1 is 1.37 bits per heavy atom. The highest BCUT2D eigenvalue weighted by Crippen LogP contribution is 2.29. The van der Waals surface area contributed by atoms with Crippen LogP contribution in [0.25, 0.3) is 0 Å². The monoisotopic (exact) mass is 314 g/mol. The summed E-state index contributed by atoms with van der Waals surface area (Å²) in [5.41, 5.74) is 2.24. The third-order valence-electron chi connectivity index (χ3n) is 2.21. The Hall–Kier alpha value is -0.930. The maximum atomic E-state index is 11.9. The smallest absolute Gasteiger partial charge is 0.399 e. The second kappa shape index (κ2) is 6.02. The Labute approximate surface area is 113 Å². The second-order valence-electron chi connectivity index (χ2n) is 3.71. The summed E-state index contributed by atoms with van der Waals surface area (Å²) in [7, 11) is -3.80. The van der Waals surface area contributed by atoms with E-state index in [1.165, 1.54) is 18.2 Å². The number of benzene rings is 1. The molecule has 0 bridgehead atoms. The van der Waals surface area contributed by atoms with Gasteiger partial charge in [-0.1, -0.05) is 0 Å². The highest BCUT2D eigenvalue weighted by atomic mass is 32.2. The number of alkyl halides is 3. The molecule has 1 aromatic carbocycles. The van der Waals surface area contributed by atoms with Crippen LogP contribution in [0.5, 0.6) is 0 Å². The Balaban J connectivity index is 2.63. The van der Waals surface area contributed by atoms with Crippen molar-refractivity contribution in [2.45, 2.75) is 17.3 Å². The summed E-state index contributed by atoms with van der Waals surface area (Å²) >= 11 is -0.272. The lowest BCUT2D eigenvalue weighted by Gasteiger charge is -2.09. The summed E-state index contributed by atoms with van der Waals surface area (Å²) < 4.78 is 61.3. The number of nitrogen functional groups attached to an aromatic ring is 1. The maximum Gasteiger partial charge on any atom is 0.441 e. The highest BCUT2D eigenvalue weighted by Gasteiger charge is 2.27. The maximum absolute atomic E-state index is 11.9. The summed E-state index contributed by atoms with van der Waals surface area (Å²) in [4.78, 5) is -0.0174. The van der Waals surface area contributed by atoms with Crippen molar-refractivity contribution in [3.8, 4) is 0 Å². The van der Waals surface area contributed by atoms with E-state index in [1.807, 2.05) is 0 Å². The average Bonchev–Trinajstić information content (AvgIpc) is 2.27. The number of nitrogens with one attached hydrogen (secondary N) is 1. The molecule has 0 amide bonds. The SMILES string of the molecule is Cc1cc(S(=O)(=O)NCCSC(F)(F)F)ccc1N. The van der Waals surface area contributed by atoms with Gasteiger partial charge in [0, 0.05) is 18.0 Å². The molecule has 0 unspecified atom stereocenters. The van der Waals surface area contributed by atoms with E-state index in [1.54, 1.807) is 6.92 Å². The van der Waals surface area contributed by atoms with Gasteiger partial charge in [0.05, 0.1) is 4.90 Å². The summed E-state index contributed by atoms with van der Waals surface area (Å²) in [6.45, 7) is 1.35. The number of nitrogens with two attached hydrogens (primary N) is 1.